The predicted octanol–water partition coefficient (Wildman–Crippen LogP) is 1.66. The van der Waals surface area contributed by atoms with Gasteiger partial charge in [0.25, 0.3) is 0 Å². The Bertz CT molecular complexity index is 388. The average Bonchev–Trinajstić information content (AvgIpc) is 3.26. The summed E-state index contributed by atoms with van der Waals surface area (Å²) < 4.78 is 16.2. The van der Waals surface area contributed by atoms with Gasteiger partial charge in [-0.05, 0) is 38.5 Å². The summed E-state index contributed by atoms with van der Waals surface area (Å²) in [7, 11) is 0. The molecule has 6 unspecified atom stereocenters. The van der Waals surface area contributed by atoms with Gasteiger partial charge in [-0.25, -0.2) is 0 Å². The van der Waals surface area contributed by atoms with Crippen LogP contribution in [0.15, 0.2) is 0 Å². The van der Waals surface area contributed by atoms with Crippen molar-refractivity contribution in [2.24, 2.45) is 11.8 Å². The molecule has 0 amide bonds. The Morgan fingerprint density at radius 3 is 2.67 bits per heavy atom. The molecule has 2 N–H and O–H groups in total. The topological polar surface area (TPSA) is 88.5 Å². The molecular formula is C18H32O6. The van der Waals surface area contributed by atoms with Gasteiger partial charge in [0.05, 0.1) is 30.8 Å². The Kier molecular flexibility index (Phi) is 7.94. The van der Waals surface area contributed by atoms with Crippen LogP contribution >= 0.6 is 0 Å². The van der Waals surface area contributed by atoms with Gasteiger partial charge in [-0.1, -0.05) is 19.8 Å². The number of rotatable bonds is 10. The monoisotopic (exact) mass is 344 g/mol. The molecule has 6 heteroatoms. The SMILES string of the molecule is CCC(COCC(O)COC(=O)C1CCCC(O)C1)CC1OC1C. The summed E-state index contributed by atoms with van der Waals surface area (Å²) in [6.45, 7) is 4.89. The van der Waals surface area contributed by atoms with E-state index in [0.29, 0.717) is 31.2 Å². The third-order valence-corrected chi connectivity index (χ3v) is 5.04. The first-order valence-corrected chi connectivity index (χ1v) is 9.25. The zero-order valence-corrected chi connectivity index (χ0v) is 14.9. The first-order chi connectivity index (χ1) is 11.5. The van der Waals surface area contributed by atoms with E-state index < -0.39 is 12.2 Å². The summed E-state index contributed by atoms with van der Waals surface area (Å²) >= 11 is 0. The van der Waals surface area contributed by atoms with E-state index in [0.717, 1.165) is 32.1 Å². The lowest BCUT2D eigenvalue weighted by Gasteiger charge is -2.24. The molecule has 2 fully saturated rings. The van der Waals surface area contributed by atoms with Crippen molar-refractivity contribution in [3.8, 4) is 0 Å². The van der Waals surface area contributed by atoms with Gasteiger partial charge in [0.1, 0.15) is 12.7 Å². The quantitative estimate of drug-likeness (QED) is 0.463. The Morgan fingerprint density at radius 2 is 2.04 bits per heavy atom. The molecule has 2 rings (SSSR count). The Labute approximate surface area is 144 Å². The van der Waals surface area contributed by atoms with Crippen LogP contribution in [0.2, 0.25) is 0 Å². The molecule has 1 saturated heterocycles. The van der Waals surface area contributed by atoms with Gasteiger partial charge in [0.2, 0.25) is 0 Å². The van der Waals surface area contributed by atoms with Gasteiger partial charge in [-0.15, -0.1) is 0 Å². The van der Waals surface area contributed by atoms with Crippen molar-refractivity contribution in [2.75, 3.05) is 19.8 Å². The maximum atomic E-state index is 11.9. The van der Waals surface area contributed by atoms with Crippen LogP contribution in [-0.4, -0.2) is 60.4 Å². The van der Waals surface area contributed by atoms with Crippen molar-refractivity contribution < 1.29 is 29.2 Å². The van der Waals surface area contributed by atoms with E-state index in [-0.39, 0.29) is 25.1 Å². The molecule has 24 heavy (non-hydrogen) atoms. The summed E-state index contributed by atoms with van der Waals surface area (Å²) in [6.07, 6.45) is 4.32. The van der Waals surface area contributed by atoms with Crippen LogP contribution in [0.4, 0.5) is 0 Å². The molecule has 1 heterocycles. The number of carbonyl (C=O) groups excluding carboxylic acids is 1. The van der Waals surface area contributed by atoms with Crippen LogP contribution < -0.4 is 0 Å². The first-order valence-electron chi connectivity index (χ1n) is 9.25. The summed E-state index contributed by atoms with van der Waals surface area (Å²) in [5.41, 5.74) is 0. The van der Waals surface area contributed by atoms with Crippen LogP contribution in [0.3, 0.4) is 0 Å². The fourth-order valence-electron chi connectivity index (χ4n) is 3.25. The zero-order valence-electron chi connectivity index (χ0n) is 14.9. The normalized spacial score (nSPS) is 32.2. The van der Waals surface area contributed by atoms with Crippen LogP contribution in [0, 0.1) is 11.8 Å². The Balaban J connectivity index is 1.55. The second-order valence-corrected chi connectivity index (χ2v) is 7.23. The highest BCUT2D eigenvalue weighted by Crippen LogP contribution is 2.29. The average molecular weight is 344 g/mol. The lowest BCUT2D eigenvalue weighted by atomic mass is 9.87. The number of hydrogen-bond acceptors (Lipinski definition) is 6. The second-order valence-electron chi connectivity index (χ2n) is 7.23. The van der Waals surface area contributed by atoms with Crippen LogP contribution in [0.1, 0.15) is 52.4 Å². The van der Waals surface area contributed by atoms with Crippen molar-refractivity contribution in [1.29, 1.82) is 0 Å². The third kappa shape index (κ3) is 6.67. The van der Waals surface area contributed by atoms with Crippen molar-refractivity contribution >= 4 is 5.97 Å². The van der Waals surface area contributed by atoms with Gasteiger partial charge in [0, 0.05) is 6.61 Å². The highest BCUT2D eigenvalue weighted by Gasteiger charge is 2.35. The molecular weight excluding hydrogens is 312 g/mol. The van der Waals surface area contributed by atoms with E-state index in [4.69, 9.17) is 14.2 Å². The summed E-state index contributed by atoms with van der Waals surface area (Å²) in [4.78, 5) is 11.9. The van der Waals surface area contributed by atoms with Crippen LogP contribution in [-0.2, 0) is 19.0 Å². The number of aliphatic hydroxyl groups excluding tert-OH is 2. The summed E-state index contributed by atoms with van der Waals surface area (Å²) in [5, 5.41) is 19.5. The van der Waals surface area contributed by atoms with E-state index in [9.17, 15) is 15.0 Å². The fourth-order valence-corrected chi connectivity index (χ4v) is 3.25. The number of carbonyl (C=O) groups is 1. The van der Waals surface area contributed by atoms with E-state index in [1.165, 1.54) is 0 Å². The second kappa shape index (κ2) is 9.70. The molecule has 6 atom stereocenters. The lowest BCUT2D eigenvalue weighted by molar-refractivity contribution is -0.155. The molecule has 1 aliphatic heterocycles. The van der Waals surface area contributed by atoms with Gasteiger partial charge >= 0.3 is 5.97 Å². The molecule has 0 aromatic heterocycles. The zero-order chi connectivity index (χ0) is 17.5. The van der Waals surface area contributed by atoms with E-state index >= 15 is 0 Å². The lowest BCUT2D eigenvalue weighted by Crippen LogP contribution is -2.31. The molecule has 0 radical (unpaired) electrons. The number of epoxide rings is 1. The molecule has 6 nitrogen and oxygen atoms in total. The minimum atomic E-state index is -0.809. The van der Waals surface area contributed by atoms with Gasteiger partial charge in [-0.2, -0.15) is 0 Å². The van der Waals surface area contributed by atoms with Gasteiger partial charge < -0.3 is 24.4 Å². The third-order valence-electron chi connectivity index (χ3n) is 5.04. The smallest absolute Gasteiger partial charge is 0.309 e. The van der Waals surface area contributed by atoms with Crippen molar-refractivity contribution in [2.45, 2.75) is 76.8 Å². The molecule has 1 saturated carbocycles. The molecule has 0 bridgehead atoms. The number of aliphatic hydroxyl groups is 2. The Morgan fingerprint density at radius 1 is 1.29 bits per heavy atom. The molecule has 0 spiro atoms. The van der Waals surface area contributed by atoms with Crippen molar-refractivity contribution in [3.05, 3.63) is 0 Å². The highest BCUT2D eigenvalue weighted by molar-refractivity contribution is 5.72. The van der Waals surface area contributed by atoms with Crippen LogP contribution in [0.25, 0.3) is 0 Å². The minimum absolute atomic E-state index is 0.0506. The molecule has 1 aliphatic carbocycles. The Hall–Kier alpha value is -0.690. The minimum Gasteiger partial charge on any atom is -0.463 e. The highest BCUT2D eigenvalue weighted by atomic mass is 16.6. The van der Waals surface area contributed by atoms with E-state index in [1.807, 2.05) is 0 Å². The van der Waals surface area contributed by atoms with E-state index in [2.05, 4.69) is 13.8 Å². The fraction of sp³-hybridized carbons (Fsp3) is 0.944. The standard InChI is InChI=1S/C18H32O6/c1-3-13(7-17-12(2)24-17)9-22-10-16(20)11-23-18(21)14-5-4-6-15(19)8-14/h12-17,19-20H,3-11H2,1-2H3. The first kappa shape index (κ1) is 19.6. The van der Waals surface area contributed by atoms with E-state index in [1.54, 1.807) is 0 Å². The van der Waals surface area contributed by atoms with Gasteiger partial charge in [-0.3, -0.25) is 4.79 Å². The summed E-state index contributed by atoms with van der Waals surface area (Å²) in [5.74, 6) is -0.135. The maximum Gasteiger partial charge on any atom is 0.309 e. The predicted molar refractivity (Wildman–Crippen MR) is 88.5 cm³/mol. The molecule has 0 aromatic rings. The largest absolute Gasteiger partial charge is 0.463 e. The maximum absolute atomic E-state index is 11.9. The van der Waals surface area contributed by atoms with Gasteiger partial charge in [0.15, 0.2) is 0 Å². The summed E-state index contributed by atoms with van der Waals surface area (Å²) in [6, 6.07) is 0. The molecule has 2 aliphatic rings. The molecule has 140 valence electrons. The van der Waals surface area contributed by atoms with Crippen molar-refractivity contribution in [1.82, 2.24) is 0 Å². The van der Waals surface area contributed by atoms with Crippen molar-refractivity contribution in [3.63, 3.8) is 0 Å². The number of hydrogen-bond donors (Lipinski definition) is 2. The number of ether oxygens (including phenoxy) is 3. The number of esters is 1. The van der Waals surface area contributed by atoms with Crippen LogP contribution in [0.5, 0.6) is 0 Å². The molecule has 0 aromatic carbocycles.